The van der Waals surface area contributed by atoms with E-state index in [1.807, 2.05) is 0 Å². The standard InChI is InChI=1S/C12H11FN4O2/c13-9-3-1-8(2-4-9)7-14-16-11(18)5-10-6-12(19)17-15-10/h1-4,6-7H,5H2,(H,16,18)(H2,15,17,19). The number of hydrogen-bond acceptors (Lipinski definition) is 3. The third-order valence-electron chi connectivity index (χ3n) is 2.28. The number of nitrogens with one attached hydrogen (secondary N) is 3. The number of nitrogens with zero attached hydrogens (tertiary/aromatic N) is 1. The second-order valence-corrected chi connectivity index (χ2v) is 3.81. The van der Waals surface area contributed by atoms with Crippen molar-refractivity contribution in [2.75, 3.05) is 0 Å². The molecule has 2 aromatic rings. The number of amides is 1. The second kappa shape index (κ2) is 5.76. The number of carbonyl (C=O) groups is 1. The highest BCUT2D eigenvalue weighted by Gasteiger charge is 2.03. The van der Waals surface area contributed by atoms with Crippen LogP contribution in [0.4, 0.5) is 4.39 Å². The predicted octanol–water partition coefficient (Wildman–Crippen LogP) is 0.535. The van der Waals surface area contributed by atoms with Gasteiger partial charge in [-0.05, 0) is 17.7 Å². The van der Waals surface area contributed by atoms with Gasteiger partial charge in [0.05, 0.1) is 12.6 Å². The molecule has 0 aliphatic rings. The average Bonchev–Trinajstić information content (AvgIpc) is 2.77. The summed E-state index contributed by atoms with van der Waals surface area (Å²) < 4.78 is 12.6. The Balaban J connectivity index is 1.86. The first-order valence-corrected chi connectivity index (χ1v) is 5.47. The van der Waals surface area contributed by atoms with Crippen LogP contribution in [0, 0.1) is 5.82 Å². The van der Waals surface area contributed by atoms with Crippen molar-refractivity contribution < 1.29 is 9.18 Å². The Morgan fingerprint density at radius 2 is 2.05 bits per heavy atom. The van der Waals surface area contributed by atoms with Crippen LogP contribution in [0.3, 0.4) is 0 Å². The van der Waals surface area contributed by atoms with E-state index in [0.29, 0.717) is 11.3 Å². The van der Waals surface area contributed by atoms with Gasteiger partial charge in [-0.3, -0.25) is 14.7 Å². The van der Waals surface area contributed by atoms with E-state index >= 15 is 0 Å². The molecule has 0 saturated carbocycles. The van der Waals surface area contributed by atoms with Crippen LogP contribution in [0.1, 0.15) is 11.3 Å². The van der Waals surface area contributed by atoms with E-state index < -0.39 is 0 Å². The van der Waals surface area contributed by atoms with E-state index in [9.17, 15) is 14.0 Å². The van der Waals surface area contributed by atoms with Crippen LogP contribution in [0.5, 0.6) is 0 Å². The van der Waals surface area contributed by atoms with Crippen LogP contribution in [0.15, 0.2) is 40.2 Å². The van der Waals surface area contributed by atoms with Gasteiger partial charge in [0.2, 0.25) is 5.91 Å². The number of hydrazone groups is 1. The number of H-pyrrole nitrogens is 2. The molecular weight excluding hydrogens is 251 g/mol. The molecule has 1 aromatic carbocycles. The Bertz CT molecular complexity index is 642. The van der Waals surface area contributed by atoms with Crippen LogP contribution in [0.25, 0.3) is 0 Å². The number of hydrogen-bond donors (Lipinski definition) is 3. The van der Waals surface area contributed by atoms with Crippen LogP contribution in [-0.2, 0) is 11.2 Å². The minimum absolute atomic E-state index is 0.0134. The summed E-state index contributed by atoms with van der Waals surface area (Å²) in [5, 5.41) is 8.61. The summed E-state index contributed by atoms with van der Waals surface area (Å²) in [6, 6.07) is 6.97. The van der Waals surface area contributed by atoms with Crippen molar-refractivity contribution in [1.82, 2.24) is 15.6 Å². The lowest BCUT2D eigenvalue weighted by Crippen LogP contribution is -2.20. The van der Waals surface area contributed by atoms with E-state index in [1.54, 1.807) is 0 Å². The fourth-order valence-corrected chi connectivity index (χ4v) is 1.41. The molecule has 19 heavy (non-hydrogen) atoms. The third kappa shape index (κ3) is 3.91. The Morgan fingerprint density at radius 1 is 1.32 bits per heavy atom. The lowest BCUT2D eigenvalue weighted by molar-refractivity contribution is -0.120. The molecule has 0 aliphatic heterocycles. The molecule has 7 heteroatoms. The number of halogens is 1. The Morgan fingerprint density at radius 3 is 2.68 bits per heavy atom. The number of benzene rings is 1. The lowest BCUT2D eigenvalue weighted by Gasteiger charge is -1.97. The monoisotopic (exact) mass is 262 g/mol. The molecule has 0 unspecified atom stereocenters. The summed E-state index contributed by atoms with van der Waals surface area (Å²) >= 11 is 0. The van der Waals surface area contributed by atoms with E-state index in [2.05, 4.69) is 20.7 Å². The van der Waals surface area contributed by atoms with Crippen LogP contribution in [0.2, 0.25) is 0 Å². The first-order valence-electron chi connectivity index (χ1n) is 5.47. The fourth-order valence-electron chi connectivity index (χ4n) is 1.41. The first kappa shape index (κ1) is 12.7. The van der Waals surface area contributed by atoms with Gasteiger partial charge < -0.3 is 5.10 Å². The maximum Gasteiger partial charge on any atom is 0.264 e. The lowest BCUT2D eigenvalue weighted by atomic mass is 10.2. The normalized spacial score (nSPS) is 10.8. The van der Waals surface area contributed by atoms with Gasteiger partial charge in [0, 0.05) is 11.8 Å². The Hall–Kier alpha value is -2.70. The molecule has 98 valence electrons. The van der Waals surface area contributed by atoms with E-state index in [-0.39, 0.29) is 23.7 Å². The van der Waals surface area contributed by atoms with Gasteiger partial charge in [-0.2, -0.15) is 5.10 Å². The molecular formula is C12H11FN4O2. The van der Waals surface area contributed by atoms with E-state index in [4.69, 9.17) is 0 Å². The zero-order chi connectivity index (χ0) is 13.7. The van der Waals surface area contributed by atoms with Gasteiger partial charge in [0.15, 0.2) is 0 Å². The molecule has 0 aliphatic carbocycles. The van der Waals surface area contributed by atoms with Crippen molar-refractivity contribution in [1.29, 1.82) is 0 Å². The van der Waals surface area contributed by atoms with Crippen LogP contribution < -0.4 is 11.0 Å². The van der Waals surface area contributed by atoms with Crippen molar-refractivity contribution in [2.24, 2.45) is 5.10 Å². The van der Waals surface area contributed by atoms with Gasteiger partial charge in [0.25, 0.3) is 5.56 Å². The molecule has 0 atom stereocenters. The Labute approximate surface area is 107 Å². The van der Waals surface area contributed by atoms with E-state index in [1.165, 1.54) is 36.5 Å². The topological polar surface area (TPSA) is 90.1 Å². The summed E-state index contributed by atoms with van der Waals surface area (Å²) in [5.41, 5.74) is 3.15. The SMILES string of the molecule is O=C(Cc1cc(=O)[nH][nH]1)NN=Cc1ccc(F)cc1. The molecule has 0 radical (unpaired) electrons. The van der Waals surface area contributed by atoms with Gasteiger partial charge in [-0.1, -0.05) is 12.1 Å². The van der Waals surface area contributed by atoms with Crippen molar-refractivity contribution in [3.8, 4) is 0 Å². The zero-order valence-corrected chi connectivity index (χ0v) is 9.81. The average molecular weight is 262 g/mol. The second-order valence-electron chi connectivity index (χ2n) is 3.81. The summed E-state index contributed by atoms with van der Waals surface area (Å²) in [7, 11) is 0. The highest BCUT2D eigenvalue weighted by Crippen LogP contribution is 1.99. The quantitative estimate of drug-likeness (QED) is 0.554. The number of carbonyl (C=O) groups excluding carboxylic acids is 1. The van der Waals surface area contributed by atoms with Gasteiger partial charge in [-0.25, -0.2) is 9.82 Å². The van der Waals surface area contributed by atoms with Crippen molar-refractivity contribution >= 4 is 12.1 Å². The van der Waals surface area contributed by atoms with Gasteiger partial charge in [0.1, 0.15) is 5.82 Å². The van der Waals surface area contributed by atoms with Crippen molar-refractivity contribution in [3.05, 3.63) is 57.8 Å². The molecule has 1 aromatic heterocycles. The van der Waals surface area contributed by atoms with Crippen LogP contribution >= 0.6 is 0 Å². The van der Waals surface area contributed by atoms with Crippen molar-refractivity contribution in [2.45, 2.75) is 6.42 Å². The van der Waals surface area contributed by atoms with Gasteiger partial charge in [-0.15, -0.1) is 0 Å². The minimum Gasteiger partial charge on any atom is -0.302 e. The third-order valence-corrected chi connectivity index (χ3v) is 2.28. The molecule has 1 amide bonds. The fraction of sp³-hybridized carbons (Fsp3) is 0.0833. The molecule has 2 rings (SSSR count). The summed E-state index contributed by atoms with van der Waals surface area (Å²) in [6.07, 6.45) is 1.41. The molecule has 3 N–H and O–H groups in total. The highest BCUT2D eigenvalue weighted by atomic mass is 19.1. The van der Waals surface area contributed by atoms with Gasteiger partial charge >= 0.3 is 0 Å². The maximum absolute atomic E-state index is 12.6. The molecule has 0 bridgehead atoms. The largest absolute Gasteiger partial charge is 0.302 e. The summed E-state index contributed by atoms with van der Waals surface area (Å²) in [6.45, 7) is 0. The summed E-state index contributed by atoms with van der Waals surface area (Å²) in [5.74, 6) is -0.703. The molecule has 0 saturated heterocycles. The molecule has 6 nitrogen and oxygen atoms in total. The van der Waals surface area contributed by atoms with Crippen molar-refractivity contribution in [3.63, 3.8) is 0 Å². The number of rotatable bonds is 4. The predicted molar refractivity (Wildman–Crippen MR) is 67.3 cm³/mol. The van der Waals surface area contributed by atoms with E-state index in [0.717, 1.165) is 0 Å². The Kier molecular flexibility index (Phi) is 3.87. The number of aromatic nitrogens is 2. The summed E-state index contributed by atoms with van der Waals surface area (Å²) in [4.78, 5) is 22.3. The zero-order valence-electron chi connectivity index (χ0n) is 9.81. The minimum atomic E-state index is -0.367. The molecule has 0 spiro atoms. The molecule has 0 fully saturated rings. The molecule has 1 heterocycles. The number of aromatic amines is 2. The smallest absolute Gasteiger partial charge is 0.264 e. The highest BCUT2D eigenvalue weighted by molar-refractivity contribution is 5.83. The first-order chi connectivity index (χ1) is 9.13. The maximum atomic E-state index is 12.6. The van der Waals surface area contributed by atoms with Crippen LogP contribution in [-0.4, -0.2) is 22.3 Å².